The topological polar surface area (TPSA) is 54.0 Å². The van der Waals surface area contributed by atoms with E-state index in [1.807, 2.05) is 18.2 Å². The van der Waals surface area contributed by atoms with Crippen molar-refractivity contribution in [2.75, 3.05) is 45.8 Å². The first-order chi connectivity index (χ1) is 11.0. The van der Waals surface area contributed by atoms with Crippen molar-refractivity contribution in [1.29, 1.82) is 0 Å². The molecule has 1 aromatic rings. The lowest BCUT2D eigenvalue weighted by Gasteiger charge is -2.37. The number of ether oxygens (including phenoxy) is 2. The second kappa shape index (κ2) is 7.88. The Morgan fingerprint density at radius 1 is 1.26 bits per heavy atom. The highest BCUT2D eigenvalue weighted by molar-refractivity contribution is 5.55. The summed E-state index contributed by atoms with van der Waals surface area (Å²) in [5, 5.41) is 13.1. The van der Waals surface area contributed by atoms with Gasteiger partial charge in [0.25, 0.3) is 0 Å². The average Bonchev–Trinajstić information content (AvgIpc) is 2.54. The molecule has 0 amide bonds. The number of rotatable bonds is 7. The van der Waals surface area contributed by atoms with Gasteiger partial charge >= 0.3 is 0 Å². The quantitative estimate of drug-likeness (QED) is 0.808. The molecule has 1 aliphatic heterocycles. The summed E-state index contributed by atoms with van der Waals surface area (Å²) < 4.78 is 10.6. The van der Waals surface area contributed by atoms with Crippen LogP contribution in [0.3, 0.4) is 0 Å². The van der Waals surface area contributed by atoms with Gasteiger partial charge in [0.1, 0.15) is 0 Å². The lowest BCUT2D eigenvalue weighted by molar-refractivity contribution is 0.0894. The van der Waals surface area contributed by atoms with Crippen LogP contribution in [0.1, 0.15) is 26.7 Å². The zero-order valence-corrected chi connectivity index (χ0v) is 14.8. The molecule has 0 unspecified atom stereocenters. The Labute approximate surface area is 139 Å². The first-order valence-electron chi connectivity index (χ1n) is 8.29. The molecule has 130 valence electrons. The SMILES string of the molecule is COc1ccc(N[C@@H]2CCCN(CC(C)(C)CO)C2)cc1OC. The maximum Gasteiger partial charge on any atom is 0.162 e. The zero-order chi connectivity index (χ0) is 16.9. The summed E-state index contributed by atoms with van der Waals surface area (Å²) in [7, 11) is 3.30. The molecule has 2 rings (SSSR count). The molecule has 0 bridgehead atoms. The van der Waals surface area contributed by atoms with Crippen LogP contribution in [0.15, 0.2) is 18.2 Å². The highest BCUT2D eigenvalue weighted by atomic mass is 16.5. The lowest BCUT2D eigenvalue weighted by Crippen LogP contribution is -2.46. The van der Waals surface area contributed by atoms with E-state index >= 15 is 0 Å². The van der Waals surface area contributed by atoms with Crippen LogP contribution in [-0.2, 0) is 0 Å². The summed E-state index contributed by atoms with van der Waals surface area (Å²) in [5.41, 5.74) is 1.00. The van der Waals surface area contributed by atoms with E-state index in [2.05, 4.69) is 24.1 Å². The number of nitrogens with zero attached hydrogens (tertiary/aromatic N) is 1. The van der Waals surface area contributed by atoms with Crippen LogP contribution in [-0.4, -0.2) is 56.5 Å². The van der Waals surface area contributed by atoms with E-state index in [1.165, 1.54) is 6.42 Å². The second-order valence-electron chi connectivity index (χ2n) is 7.11. The molecule has 1 heterocycles. The van der Waals surface area contributed by atoms with Gasteiger partial charge in [-0.15, -0.1) is 0 Å². The standard InChI is InChI=1S/C18H30N2O3/c1-18(2,13-21)12-20-9-5-6-15(11-20)19-14-7-8-16(22-3)17(10-14)23-4/h7-8,10,15,19,21H,5-6,9,11-13H2,1-4H3/t15-/m1/s1. The molecule has 5 nitrogen and oxygen atoms in total. The molecule has 0 aromatic heterocycles. The van der Waals surface area contributed by atoms with Crippen LogP contribution < -0.4 is 14.8 Å². The molecule has 23 heavy (non-hydrogen) atoms. The lowest BCUT2D eigenvalue weighted by atomic mass is 9.92. The number of aliphatic hydroxyl groups excluding tert-OH is 1. The Balaban J connectivity index is 1.97. The molecule has 2 N–H and O–H groups in total. The molecule has 0 radical (unpaired) electrons. The minimum Gasteiger partial charge on any atom is -0.493 e. The van der Waals surface area contributed by atoms with Gasteiger partial charge in [-0.05, 0) is 31.5 Å². The van der Waals surface area contributed by atoms with Crippen molar-refractivity contribution in [3.05, 3.63) is 18.2 Å². The van der Waals surface area contributed by atoms with Crippen LogP contribution >= 0.6 is 0 Å². The number of nitrogens with one attached hydrogen (secondary N) is 1. The van der Waals surface area contributed by atoms with Crippen molar-refractivity contribution in [3.63, 3.8) is 0 Å². The van der Waals surface area contributed by atoms with Crippen LogP contribution in [0.2, 0.25) is 0 Å². The van der Waals surface area contributed by atoms with Gasteiger partial charge in [-0.3, -0.25) is 0 Å². The Morgan fingerprint density at radius 3 is 2.65 bits per heavy atom. The van der Waals surface area contributed by atoms with Crippen molar-refractivity contribution in [3.8, 4) is 11.5 Å². The van der Waals surface area contributed by atoms with Crippen LogP contribution in [0.4, 0.5) is 5.69 Å². The number of anilines is 1. The van der Waals surface area contributed by atoms with Crippen LogP contribution in [0.5, 0.6) is 11.5 Å². The van der Waals surface area contributed by atoms with Gasteiger partial charge in [0, 0.05) is 42.9 Å². The van der Waals surface area contributed by atoms with E-state index in [9.17, 15) is 5.11 Å². The molecule has 0 spiro atoms. The van der Waals surface area contributed by atoms with Crippen LogP contribution in [0.25, 0.3) is 0 Å². The van der Waals surface area contributed by atoms with E-state index < -0.39 is 0 Å². The molecule has 1 aromatic carbocycles. The van der Waals surface area contributed by atoms with Crippen molar-refractivity contribution < 1.29 is 14.6 Å². The van der Waals surface area contributed by atoms with E-state index in [0.717, 1.165) is 43.2 Å². The fourth-order valence-electron chi connectivity index (χ4n) is 3.13. The third kappa shape index (κ3) is 5.01. The second-order valence-corrected chi connectivity index (χ2v) is 7.11. The predicted octanol–water partition coefficient (Wildman–Crippen LogP) is 2.60. The number of piperidine rings is 1. The molecular weight excluding hydrogens is 292 g/mol. The minimum atomic E-state index is -0.0504. The van der Waals surface area contributed by atoms with E-state index in [-0.39, 0.29) is 12.0 Å². The Morgan fingerprint density at radius 2 is 2.00 bits per heavy atom. The van der Waals surface area contributed by atoms with Gasteiger partial charge in [-0.25, -0.2) is 0 Å². The Kier molecular flexibility index (Phi) is 6.13. The summed E-state index contributed by atoms with van der Waals surface area (Å²) in [6, 6.07) is 6.35. The molecule has 0 saturated carbocycles. The van der Waals surface area contributed by atoms with Crippen molar-refractivity contribution in [1.82, 2.24) is 4.90 Å². The first kappa shape index (κ1) is 17.9. The first-order valence-corrected chi connectivity index (χ1v) is 8.29. The highest BCUT2D eigenvalue weighted by Gasteiger charge is 2.26. The number of methoxy groups -OCH3 is 2. The molecule has 5 heteroatoms. The molecule has 1 saturated heterocycles. The van der Waals surface area contributed by atoms with Gasteiger partial charge < -0.3 is 24.8 Å². The molecule has 0 aliphatic carbocycles. The Hall–Kier alpha value is -1.46. The number of aliphatic hydroxyl groups is 1. The average molecular weight is 322 g/mol. The normalized spacial score (nSPS) is 19.4. The zero-order valence-electron chi connectivity index (χ0n) is 14.8. The van der Waals surface area contributed by atoms with Gasteiger partial charge in [0.2, 0.25) is 0 Å². The summed E-state index contributed by atoms with van der Waals surface area (Å²) in [6.07, 6.45) is 2.33. The maximum absolute atomic E-state index is 9.46. The number of hydrogen-bond donors (Lipinski definition) is 2. The largest absolute Gasteiger partial charge is 0.493 e. The van der Waals surface area contributed by atoms with Crippen molar-refractivity contribution in [2.45, 2.75) is 32.7 Å². The smallest absolute Gasteiger partial charge is 0.162 e. The van der Waals surface area contributed by atoms with E-state index in [4.69, 9.17) is 9.47 Å². The number of benzene rings is 1. The minimum absolute atomic E-state index is 0.0504. The predicted molar refractivity (Wildman–Crippen MR) is 93.5 cm³/mol. The summed E-state index contributed by atoms with van der Waals surface area (Å²) in [4.78, 5) is 2.44. The van der Waals surface area contributed by atoms with Crippen molar-refractivity contribution >= 4 is 5.69 Å². The van der Waals surface area contributed by atoms with Gasteiger partial charge in [-0.2, -0.15) is 0 Å². The molecular formula is C18H30N2O3. The highest BCUT2D eigenvalue weighted by Crippen LogP contribution is 2.30. The monoisotopic (exact) mass is 322 g/mol. The fraction of sp³-hybridized carbons (Fsp3) is 0.667. The van der Waals surface area contributed by atoms with Gasteiger partial charge in [0.05, 0.1) is 14.2 Å². The summed E-state index contributed by atoms with van der Waals surface area (Å²) >= 11 is 0. The molecule has 1 aliphatic rings. The fourth-order valence-corrected chi connectivity index (χ4v) is 3.13. The molecule has 1 atom stereocenters. The third-order valence-corrected chi connectivity index (χ3v) is 4.34. The maximum atomic E-state index is 9.46. The molecule has 1 fully saturated rings. The number of hydrogen-bond acceptors (Lipinski definition) is 5. The van der Waals surface area contributed by atoms with Crippen LogP contribution in [0, 0.1) is 5.41 Å². The third-order valence-electron chi connectivity index (χ3n) is 4.34. The van der Waals surface area contributed by atoms with E-state index in [0.29, 0.717) is 6.04 Å². The Bertz CT molecular complexity index is 505. The number of likely N-dealkylation sites (tertiary alicyclic amines) is 1. The van der Waals surface area contributed by atoms with Crippen molar-refractivity contribution in [2.24, 2.45) is 5.41 Å². The van der Waals surface area contributed by atoms with Gasteiger partial charge in [0.15, 0.2) is 11.5 Å². The van der Waals surface area contributed by atoms with E-state index in [1.54, 1.807) is 14.2 Å². The summed E-state index contributed by atoms with van der Waals surface area (Å²) in [6.45, 7) is 7.47. The van der Waals surface area contributed by atoms with Gasteiger partial charge in [-0.1, -0.05) is 13.8 Å². The summed E-state index contributed by atoms with van der Waals surface area (Å²) in [5.74, 6) is 1.49.